The Hall–Kier alpha value is 2.62. The van der Waals surface area contributed by atoms with E-state index in [-0.39, 0.29) is 16.0 Å². The summed E-state index contributed by atoms with van der Waals surface area (Å²) in [7, 11) is 0. The van der Waals surface area contributed by atoms with Gasteiger partial charge in [-0.25, -0.2) is 0 Å². The van der Waals surface area contributed by atoms with E-state index < -0.39 is 14.1 Å². The lowest BCUT2D eigenvalue weighted by atomic mass is 9.86. The van der Waals surface area contributed by atoms with Crippen LogP contribution in [0.15, 0.2) is 34.0 Å². The van der Waals surface area contributed by atoms with Crippen LogP contribution in [0.5, 0.6) is 0 Å². The Morgan fingerprint density at radius 3 is 1.91 bits per heavy atom. The highest BCUT2D eigenvalue weighted by Gasteiger charge is 2.78. The maximum Gasteiger partial charge on any atom is 0.166 e. The van der Waals surface area contributed by atoms with E-state index in [1.165, 1.54) is 0 Å². The Balaban J connectivity index is 2.27. The third-order valence-corrected chi connectivity index (χ3v) is 13.3. The number of halogens is 10. The predicted octanol–water partition coefficient (Wildman–Crippen LogP) is 9.06. The van der Waals surface area contributed by atoms with Gasteiger partial charge in [-0.1, -0.05) is 46.4 Å². The van der Waals surface area contributed by atoms with E-state index in [1.807, 2.05) is 6.07 Å². The molecule has 1 saturated carbocycles. The summed E-state index contributed by atoms with van der Waals surface area (Å²) in [5.41, 5.74) is 0.873. The number of allylic oxidation sites excluding steroid dienone is 2. The molecule has 1 aromatic rings. The van der Waals surface area contributed by atoms with Crippen LogP contribution in [0.25, 0.3) is 0 Å². The van der Waals surface area contributed by atoms with Gasteiger partial charge in [0.2, 0.25) is 0 Å². The van der Waals surface area contributed by atoms with Gasteiger partial charge in [-0.3, -0.25) is 0 Å². The summed E-state index contributed by atoms with van der Waals surface area (Å²) < 4.78 is 1.82. The molecule has 0 N–H and O–H groups in total. The average molecular weight is 693 g/mol. The van der Waals surface area contributed by atoms with Crippen LogP contribution in [0.3, 0.4) is 0 Å². The van der Waals surface area contributed by atoms with E-state index in [2.05, 4.69) is 63.7 Å². The van der Waals surface area contributed by atoms with Gasteiger partial charge in [-0.15, -0.1) is 23.2 Å². The molecule has 0 saturated heterocycles. The topological polar surface area (TPSA) is 0 Å². The van der Waals surface area contributed by atoms with Crippen molar-refractivity contribution in [3.63, 3.8) is 0 Å². The number of rotatable bonds is 1. The summed E-state index contributed by atoms with van der Waals surface area (Å²) in [5.74, 6) is -0.332. The van der Waals surface area contributed by atoms with E-state index in [1.54, 1.807) is 0 Å². The van der Waals surface area contributed by atoms with Crippen molar-refractivity contribution < 1.29 is 0 Å². The van der Waals surface area contributed by atoms with E-state index in [0.717, 1.165) is 23.5 Å². The van der Waals surface area contributed by atoms with Crippen molar-refractivity contribution in [1.29, 1.82) is 0 Å². The summed E-state index contributed by atoms with van der Waals surface area (Å²) >= 11 is 53.4. The first-order chi connectivity index (χ1) is 10.4. The molecule has 1 aromatic carbocycles. The number of fused-ring (bicyclic) bond motifs is 2. The van der Waals surface area contributed by atoms with Crippen molar-refractivity contribution in [2.45, 2.75) is 26.4 Å². The standard InChI is InChI=1S/C13H4Br4Cl6/c14-5-1-3(6(15)8(17)7(5)16)4-2-11(20)9(18)10(19)12(4,21)13(11,22)23/h1,4H,2H2/t4-,11-,12+/m1/s1. The SMILES string of the molecule is ClC1=C(Cl)[C@@]2(Cl)[C@@H](c3cc(Br)c(Br)c(Br)c3Br)C[C@]1(Cl)C2(Cl)Cl. The van der Waals surface area contributed by atoms with Crippen LogP contribution >= 0.6 is 133 Å². The van der Waals surface area contributed by atoms with Gasteiger partial charge in [0, 0.05) is 23.8 Å². The molecule has 0 nitrogen and oxygen atoms in total. The normalized spacial score (nSPS) is 35.3. The molecule has 1 fully saturated rings. The largest absolute Gasteiger partial charge is 0.166 e. The summed E-state index contributed by atoms with van der Waals surface area (Å²) in [5, 5.41) is 0.405. The van der Waals surface area contributed by atoms with Gasteiger partial charge in [-0.2, -0.15) is 0 Å². The van der Waals surface area contributed by atoms with Crippen molar-refractivity contribution in [2.75, 3.05) is 0 Å². The van der Waals surface area contributed by atoms with Crippen molar-refractivity contribution in [3.8, 4) is 0 Å². The smallest absolute Gasteiger partial charge is 0.110 e. The zero-order valence-corrected chi connectivity index (χ0v) is 21.5. The van der Waals surface area contributed by atoms with Gasteiger partial charge < -0.3 is 0 Å². The van der Waals surface area contributed by atoms with Gasteiger partial charge in [0.15, 0.2) is 4.33 Å². The van der Waals surface area contributed by atoms with Crippen LogP contribution in [0.1, 0.15) is 17.9 Å². The summed E-state index contributed by atoms with van der Waals surface area (Å²) in [6.07, 6.45) is 0.360. The molecular weight excluding hydrogens is 688 g/mol. The summed E-state index contributed by atoms with van der Waals surface area (Å²) in [6.45, 7) is 0. The van der Waals surface area contributed by atoms with Crippen LogP contribution in [0.4, 0.5) is 0 Å². The number of hydrogen-bond donors (Lipinski definition) is 0. The Morgan fingerprint density at radius 2 is 1.43 bits per heavy atom. The quantitative estimate of drug-likeness (QED) is 0.157. The summed E-state index contributed by atoms with van der Waals surface area (Å²) in [4.78, 5) is -2.54. The third-order valence-electron chi connectivity index (χ3n) is 4.29. The van der Waals surface area contributed by atoms with Gasteiger partial charge >= 0.3 is 0 Å². The molecule has 23 heavy (non-hydrogen) atoms. The Bertz CT molecular complexity index is 763. The lowest BCUT2D eigenvalue weighted by Gasteiger charge is -2.34. The molecule has 0 unspecified atom stereocenters. The second kappa shape index (κ2) is 6.32. The van der Waals surface area contributed by atoms with Gasteiger partial charge in [0.25, 0.3) is 0 Å². The van der Waals surface area contributed by atoms with Gasteiger partial charge in [0.1, 0.15) is 9.75 Å². The second-order valence-electron chi connectivity index (χ2n) is 5.36. The highest BCUT2D eigenvalue weighted by Crippen LogP contribution is 2.76. The maximum atomic E-state index is 6.85. The number of hydrogen-bond acceptors (Lipinski definition) is 0. The third kappa shape index (κ3) is 2.46. The minimum atomic E-state index is -1.53. The van der Waals surface area contributed by atoms with Gasteiger partial charge in [-0.05, 0) is 81.8 Å². The molecule has 0 heterocycles. The molecule has 0 radical (unpaired) electrons. The molecular formula is C13H4Br4Cl6. The van der Waals surface area contributed by atoms with Gasteiger partial charge in [0.05, 0.1) is 10.1 Å². The van der Waals surface area contributed by atoms with Crippen molar-refractivity contribution >= 4 is 133 Å². The van der Waals surface area contributed by atoms with E-state index in [9.17, 15) is 0 Å². The number of alkyl halides is 4. The fourth-order valence-electron chi connectivity index (χ4n) is 3.08. The fourth-order valence-corrected chi connectivity index (χ4v) is 8.18. The van der Waals surface area contributed by atoms with E-state index >= 15 is 0 Å². The molecule has 3 rings (SSSR count). The molecule has 2 bridgehead atoms. The molecule has 0 spiro atoms. The minimum absolute atomic E-state index is 0.194. The zero-order chi connectivity index (χ0) is 17.5. The highest BCUT2D eigenvalue weighted by molar-refractivity contribution is 9.15. The molecule has 0 aromatic heterocycles. The maximum absolute atomic E-state index is 6.85. The number of benzene rings is 1. The first kappa shape index (κ1) is 20.4. The predicted molar refractivity (Wildman–Crippen MR) is 115 cm³/mol. The van der Waals surface area contributed by atoms with E-state index in [4.69, 9.17) is 69.6 Å². The Morgan fingerprint density at radius 1 is 0.870 bits per heavy atom. The Kier molecular flexibility index (Phi) is 5.59. The van der Waals surface area contributed by atoms with E-state index in [0.29, 0.717) is 6.42 Å². The average Bonchev–Trinajstić information content (AvgIpc) is 2.71. The molecule has 3 atom stereocenters. The Labute approximate surface area is 197 Å². The monoisotopic (exact) mass is 686 g/mol. The first-order valence-electron chi connectivity index (χ1n) is 6.06. The molecule has 0 aliphatic heterocycles. The van der Waals surface area contributed by atoms with Crippen LogP contribution in [0, 0.1) is 0 Å². The molecule has 126 valence electrons. The van der Waals surface area contributed by atoms with Crippen molar-refractivity contribution in [2.24, 2.45) is 0 Å². The molecule has 10 heteroatoms. The molecule has 0 amide bonds. The zero-order valence-electron chi connectivity index (χ0n) is 10.6. The summed E-state index contributed by atoms with van der Waals surface area (Å²) in [6, 6.07) is 1.93. The highest BCUT2D eigenvalue weighted by atomic mass is 79.9. The lowest BCUT2D eigenvalue weighted by Crippen LogP contribution is -2.43. The van der Waals surface area contributed by atoms with Crippen LogP contribution < -0.4 is 0 Å². The first-order valence-corrected chi connectivity index (χ1v) is 11.5. The van der Waals surface area contributed by atoms with Crippen LogP contribution in [-0.2, 0) is 0 Å². The lowest BCUT2D eigenvalue weighted by molar-refractivity contribution is 0.598. The fraction of sp³-hybridized carbons (Fsp3) is 0.385. The van der Waals surface area contributed by atoms with Crippen LogP contribution in [0.2, 0.25) is 0 Å². The van der Waals surface area contributed by atoms with Crippen LogP contribution in [-0.4, -0.2) is 14.1 Å². The van der Waals surface area contributed by atoms with Crippen molar-refractivity contribution in [1.82, 2.24) is 0 Å². The van der Waals surface area contributed by atoms with Crippen molar-refractivity contribution in [3.05, 3.63) is 39.6 Å². The minimum Gasteiger partial charge on any atom is -0.110 e. The second-order valence-corrected chi connectivity index (χ2v) is 11.9. The molecule has 2 aliphatic carbocycles. The molecule has 2 aliphatic rings.